The van der Waals surface area contributed by atoms with E-state index in [0.717, 1.165) is 5.56 Å². The molecule has 0 unspecified atom stereocenters. The zero-order chi connectivity index (χ0) is 24.3. The van der Waals surface area contributed by atoms with Gasteiger partial charge in [-0.15, -0.1) is 0 Å². The second kappa shape index (κ2) is 12.1. The van der Waals surface area contributed by atoms with Gasteiger partial charge in [-0.05, 0) is 56.3 Å². The standard InChI is InChI=1S/C25H27N3O6/c1-4-32-20-10-8-18(13-22(20)31-3)24(29)27-28-25(30)19-9-11-21(23(14-19)33-5-2)34-16-17-7-6-12-26-15-17/h6-15H,4-5,16H2,1-3H3,(H,27,29)(H,28,30). The van der Waals surface area contributed by atoms with Crippen molar-refractivity contribution >= 4 is 11.8 Å². The Kier molecular flexibility index (Phi) is 8.67. The number of methoxy groups -OCH3 is 1. The summed E-state index contributed by atoms with van der Waals surface area (Å²) in [4.78, 5) is 29.2. The largest absolute Gasteiger partial charge is 0.493 e. The number of hydrogen-bond acceptors (Lipinski definition) is 7. The molecule has 0 aliphatic rings. The first-order chi connectivity index (χ1) is 16.5. The van der Waals surface area contributed by atoms with Gasteiger partial charge in [0.2, 0.25) is 0 Å². The van der Waals surface area contributed by atoms with Crippen molar-refractivity contribution in [3.63, 3.8) is 0 Å². The van der Waals surface area contributed by atoms with Gasteiger partial charge in [-0.1, -0.05) is 6.07 Å². The van der Waals surface area contributed by atoms with E-state index in [4.69, 9.17) is 18.9 Å². The van der Waals surface area contributed by atoms with Crippen LogP contribution in [-0.4, -0.2) is 37.1 Å². The van der Waals surface area contributed by atoms with E-state index in [2.05, 4.69) is 15.8 Å². The monoisotopic (exact) mass is 465 g/mol. The Morgan fingerprint density at radius 3 is 1.94 bits per heavy atom. The number of aromatic nitrogens is 1. The lowest BCUT2D eigenvalue weighted by Gasteiger charge is -2.14. The fourth-order valence-electron chi connectivity index (χ4n) is 3.02. The molecular weight excluding hydrogens is 438 g/mol. The number of carbonyl (C=O) groups excluding carboxylic acids is 2. The van der Waals surface area contributed by atoms with Crippen LogP contribution >= 0.6 is 0 Å². The van der Waals surface area contributed by atoms with Crippen LogP contribution in [0.4, 0.5) is 0 Å². The van der Waals surface area contributed by atoms with Gasteiger partial charge in [0.25, 0.3) is 11.8 Å². The first-order valence-electron chi connectivity index (χ1n) is 10.8. The molecule has 0 atom stereocenters. The molecule has 0 aliphatic heterocycles. The molecule has 2 amide bonds. The minimum absolute atomic E-state index is 0.293. The van der Waals surface area contributed by atoms with Crippen molar-refractivity contribution in [2.24, 2.45) is 0 Å². The number of nitrogens with zero attached hydrogens (tertiary/aromatic N) is 1. The first-order valence-corrected chi connectivity index (χ1v) is 10.8. The lowest BCUT2D eigenvalue weighted by atomic mass is 10.2. The highest BCUT2D eigenvalue weighted by Crippen LogP contribution is 2.30. The predicted octanol–water partition coefficient (Wildman–Crippen LogP) is 3.54. The molecule has 34 heavy (non-hydrogen) atoms. The van der Waals surface area contributed by atoms with Crippen molar-refractivity contribution in [1.29, 1.82) is 0 Å². The zero-order valence-electron chi connectivity index (χ0n) is 19.3. The fourth-order valence-corrected chi connectivity index (χ4v) is 3.02. The molecule has 178 valence electrons. The molecule has 9 heteroatoms. The zero-order valence-corrected chi connectivity index (χ0v) is 19.3. The molecule has 0 saturated carbocycles. The normalized spacial score (nSPS) is 10.2. The topological polar surface area (TPSA) is 108 Å². The van der Waals surface area contributed by atoms with Gasteiger partial charge in [-0.25, -0.2) is 0 Å². The number of ether oxygens (including phenoxy) is 4. The Balaban J connectivity index is 1.64. The quantitative estimate of drug-likeness (QED) is 0.441. The van der Waals surface area contributed by atoms with Gasteiger partial charge < -0.3 is 18.9 Å². The molecule has 2 N–H and O–H groups in total. The van der Waals surface area contributed by atoms with Gasteiger partial charge in [0.15, 0.2) is 23.0 Å². The van der Waals surface area contributed by atoms with E-state index in [1.165, 1.54) is 13.2 Å². The number of nitrogens with one attached hydrogen (secondary N) is 2. The highest BCUT2D eigenvalue weighted by Gasteiger charge is 2.15. The average Bonchev–Trinajstić information content (AvgIpc) is 2.87. The van der Waals surface area contributed by atoms with Crippen LogP contribution in [0.3, 0.4) is 0 Å². The van der Waals surface area contributed by atoms with Crippen LogP contribution in [-0.2, 0) is 6.61 Å². The number of benzene rings is 2. The summed E-state index contributed by atoms with van der Waals surface area (Å²) in [7, 11) is 1.49. The number of hydrazine groups is 1. The highest BCUT2D eigenvalue weighted by molar-refractivity contribution is 5.99. The summed E-state index contributed by atoms with van der Waals surface area (Å²) in [5.74, 6) is 0.848. The Hall–Kier alpha value is -4.27. The third-order valence-corrected chi connectivity index (χ3v) is 4.64. The minimum Gasteiger partial charge on any atom is -0.493 e. The Morgan fingerprint density at radius 2 is 1.38 bits per heavy atom. The molecule has 0 fully saturated rings. The summed E-state index contributed by atoms with van der Waals surface area (Å²) in [5, 5.41) is 0. The van der Waals surface area contributed by atoms with E-state index in [9.17, 15) is 9.59 Å². The smallest absolute Gasteiger partial charge is 0.269 e. The van der Waals surface area contributed by atoms with E-state index in [0.29, 0.717) is 53.9 Å². The van der Waals surface area contributed by atoms with Gasteiger partial charge in [-0.3, -0.25) is 25.4 Å². The molecule has 0 saturated heterocycles. The number of carbonyl (C=O) groups is 2. The molecule has 0 spiro atoms. The van der Waals surface area contributed by atoms with Crippen molar-refractivity contribution in [1.82, 2.24) is 15.8 Å². The lowest BCUT2D eigenvalue weighted by molar-refractivity contribution is 0.0846. The van der Waals surface area contributed by atoms with Crippen LogP contribution in [0.5, 0.6) is 23.0 Å². The molecule has 1 heterocycles. The van der Waals surface area contributed by atoms with Crippen LogP contribution in [0, 0.1) is 0 Å². The number of pyridine rings is 1. The van der Waals surface area contributed by atoms with Crippen molar-refractivity contribution in [3.8, 4) is 23.0 Å². The van der Waals surface area contributed by atoms with E-state index < -0.39 is 11.8 Å². The molecule has 0 aliphatic carbocycles. The first kappa shape index (κ1) is 24.4. The predicted molar refractivity (Wildman–Crippen MR) is 125 cm³/mol. The summed E-state index contributed by atoms with van der Waals surface area (Å²) < 4.78 is 22.2. The van der Waals surface area contributed by atoms with Gasteiger partial charge in [-0.2, -0.15) is 0 Å². The van der Waals surface area contributed by atoms with Gasteiger partial charge >= 0.3 is 0 Å². The summed E-state index contributed by atoms with van der Waals surface area (Å²) in [6.45, 7) is 4.86. The van der Waals surface area contributed by atoms with Crippen molar-refractivity contribution in [2.45, 2.75) is 20.5 Å². The fraction of sp³-hybridized carbons (Fsp3) is 0.240. The maximum atomic E-state index is 12.6. The number of hydrogen-bond donors (Lipinski definition) is 2. The van der Waals surface area contributed by atoms with Gasteiger partial charge in [0, 0.05) is 29.1 Å². The molecule has 3 aromatic rings. The van der Waals surface area contributed by atoms with Crippen molar-refractivity contribution in [3.05, 3.63) is 77.6 Å². The molecular formula is C25H27N3O6. The van der Waals surface area contributed by atoms with Crippen LogP contribution < -0.4 is 29.8 Å². The molecule has 1 aromatic heterocycles. The van der Waals surface area contributed by atoms with Crippen LogP contribution in [0.2, 0.25) is 0 Å². The Morgan fingerprint density at radius 1 is 0.794 bits per heavy atom. The van der Waals surface area contributed by atoms with Crippen LogP contribution in [0.25, 0.3) is 0 Å². The molecule has 0 radical (unpaired) electrons. The highest BCUT2D eigenvalue weighted by atomic mass is 16.5. The average molecular weight is 466 g/mol. The molecule has 9 nitrogen and oxygen atoms in total. The second-order valence-electron chi connectivity index (χ2n) is 6.95. The number of amides is 2. The van der Waals surface area contributed by atoms with Crippen LogP contribution in [0.15, 0.2) is 60.9 Å². The van der Waals surface area contributed by atoms with Crippen LogP contribution in [0.1, 0.15) is 40.1 Å². The van der Waals surface area contributed by atoms with Crippen molar-refractivity contribution < 1.29 is 28.5 Å². The Bertz CT molecular complexity index is 1120. The van der Waals surface area contributed by atoms with Gasteiger partial charge in [0.1, 0.15) is 6.61 Å². The molecule has 0 bridgehead atoms. The minimum atomic E-state index is -0.508. The summed E-state index contributed by atoms with van der Waals surface area (Å²) in [6, 6.07) is 13.3. The molecule has 2 aromatic carbocycles. The van der Waals surface area contributed by atoms with Crippen molar-refractivity contribution in [2.75, 3.05) is 20.3 Å². The third kappa shape index (κ3) is 6.38. The summed E-state index contributed by atoms with van der Waals surface area (Å²) >= 11 is 0. The Labute approximate surface area is 198 Å². The second-order valence-corrected chi connectivity index (χ2v) is 6.95. The maximum Gasteiger partial charge on any atom is 0.269 e. The third-order valence-electron chi connectivity index (χ3n) is 4.64. The lowest BCUT2D eigenvalue weighted by Crippen LogP contribution is -2.41. The van der Waals surface area contributed by atoms with E-state index in [-0.39, 0.29) is 0 Å². The number of rotatable bonds is 10. The van der Waals surface area contributed by atoms with Gasteiger partial charge in [0.05, 0.1) is 20.3 Å². The SMILES string of the molecule is CCOc1ccc(C(=O)NNC(=O)c2ccc(OCc3cccnc3)c(OCC)c2)cc1OC. The maximum absolute atomic E-state index is 12.6. The summed E-state index contributed by atoms with van der Waals surface area (Å²) in [5.41, 5.74) is 6.30. The summed E-state index contributed by atoms with van der Waals surface area (Å²) in [6.07, 6.45) is 3.40. The molecule has 3 rings (SSSR count). The van der Waals surface area contributed by atoms with E-state index >= 15 is 0 Å². The van der Waals surface area contributed by atoms with E-state index in [1.807, 2.05) is 26.0 Å². The van der Waals surface area contributed by atoms with E-state index in [1.54, 1.807) is 42.7 Å².